The van der Waals surface area contributed by atoms with Gasteiger partial charge in [0, 0.05) is 30.8 Å². The van der Waals surface area contributed by atoms with Crippen LogP contribution >= 0.6 is 11.6 Å². The summed E-state index contributed by atoms with van der Waals surface area (Å²) in [5.74, 6) is -0.237. The molecule has 0 saturated heterocycles. The molecule has 4 heteroatoms. The van der Waals surface area contributed by atoms with Crippen molar-refractivity contribution in [1.29, 1.82) is 0 Å². The smallest absolute Gasteiger partial charge is 0.166 e. The van der Waals surface area contributed by atoms with Crippen LogP contribution in [0.1, 0.15) is 22.3 Å². The maximum Gasteiger partial charge on any atom is 0.166 e. The van der Waals surface area contributed by atoms with Crippen molar-refractivity contribution < 1.29 is 9.18 Å². The van der Waals surface area contributed by atoms with Crippen LogP contribution < -0.4 is 4.90 Å². The molecule has 20 heavy (non-hydrogen) atoms. The van der Waals surface area contributed by atoms with Gasteiger partial charge in [0.15, 0.2) is 5.78 Å². The third kappa shape index (κ3) is 2.41. The molecule has 1 aliphatic heterocycles. The van der Waals surface area contributed by atoms with Crippen LogP contribution in [0.5, 0.6) is 0 Å². The lowest BCUT2D eigenvalue weighted by atomic mass is 10.00. The molecule has 0 bridgehead atoms. The Balaban J connectivity index is 1.90. The molecular formula is C16H13ClFNO. The molecule has 0 spiro atoms. The molecular weight excluding hydrogens is 277 g/mol. The van der Waals surface area contributed by atoms with Crippen molar-refractivity contribution in [2.75, 3.05) is 11.4 Å². The number of rotatable bonds is 2. The molecule has 0 unspecified atom stereocenters. The van der Waals surface area contributed by atoms with E-state index in [1.807, 2.05) is 24.3 Å². The summed E-state index contributed by atoms with van der Waals surface area (Å²) in [5.41, 5.74) is 2.62. The van der Waals surface area contributed by atoms with Crippen molar-refractivity contribution in [3.63, 3.8) is 0 Å². The first-order chi connectivity index (χ1) is 9.65. The molecule has 2 aromatic rings. The maximum atomic E-state index is 13.2. The fourth-order valence-electron chi connectivity index (χ4n) is 2.50. The van der Waals surface area contributed by atoms with Crippen molar-refractivity contribution in [2.45, 2.75) is 13.0 Å². The molecule has 2 aromatic carbocycles. The molecule has 0 amide bonds. The minimum absolute atomic E-state index is 0.129. The Labute approximate surface area is 121 Å². The van der Waals surface area contributed by atoms with Gasteiger partial charge in [-0.15, -0.1) is 0 Å². The lowest BCUT2D eigenvalue weighted by Crippen LogP contribution is -2.31. The van der Waals surface area contributed by atoms with E-state index in [2.05, 4.69) is 4.90 Å². The zero-order valence-electron chi connectivity index (χ0n) is 10.8. The fraction of sp³-hybridized carbons (Fsp3) is 0.188. The van der Waals surface area contributed by atoms with Crippen LogP contribution in [0.2, 0.25) is 5.02 Å². The molecule has 3 rings (SSSR count). The van der Waals surface area contributed by atoms with Gasteiger partial charge in [0.1, 0.15) is 5.82 Å². The average Bonchev–Trinajstić information content (AvgIpc) is 2.46. The summed E-state index contributed by atoms with van der Waals surface area (Å²) in [5, 5.41) is 0.129. The molecule has 0 N–H and O–H groups in total. The summed E-state index contributed by atoms with van der Waals surface area (Å²) in [6.07, 6.45) is 0.506. The third-order valence-electron chi connectivity index (χ3n) is 3.51. The SMILES string of the molecule is O=C1CCN(Cc2ccc(F)c(Cl)c2)c2ccccc21. The van der Waals surface area contributed by atoms with E-state index in [-0.39, 0.29) is 10.8 Å². The topological polar surface area (TPSA) is 20.3 Å². The molecule has 1 aliphatic rings. The van der Waals surface area contributed by atoms with Gasteiger partial charge in [-0.1, -0.05) is 29.8 Å². The van der Waals surface area contributed by atoms with E-state index in [0.717, 1.165) is 16.8 Å². The standard InChI is InChI=1S/C16H13ClFNO/c17-13-9-11(5-6-14(13)18)10-19-8-7-16(20)12-3-1-2-4-15(12)19/h1-6,9H,7-8,10H2. The van der Waals surface area contributed by atoms with Crippen LogP contribution in [0.15, 0.2) is 42.5 Å². The quantitative estimate of drug-likeness (QED) is 0.830. The van der Waals surface area contributed by atoms with Gasteiger partial charge in [0.25, 0.3) is 0 Å². The summed E-state index contributed by atoms with van der Waals surface area (Å²) < 4.78 is 13.2. The predicted molar refractivity (Wildman–Crippen MR) is 77.8 cm³/mol. The molecule has 2 nitrogen and oxygen atoms in total. The zero-order chi connectivity index (χ0) is 14.1. The number of carbonyl (C=O) groups is 1. The predicted octanol–water partition coefficient (Wildman–Crippen LogP) is 4.07. The second kappa shape index (κ2) is 5.25. The maximum absolute atomic E-state index is 13.2. The molecule has 0 aliphatic carbocycles. The largest absolute Gasteiger partial charge is 0.366 e. The minimum atomic E-state index is -0.412. The van der Waals surface area contributed by atoms with Crippen LogP contribution in [0.3, 0.4) is 0 Å². The highest BCUT2D eigenvalue weighted by Crippen LogP contribution is 2.28. The van der Waals surface area contributed by atoms with E-state index in [1.54, 1.807) is 12.1 Å². The highest BCUT2D eigenvalue weighted by molar-refractivity contribution is 6.30. The normalized spacial score (nSPS) is 14.3. The van der Waals surface area contributed by atoms with Gasteiger partial charge in [-0.2, -0.15) is 0 Å². The Bertz CT molecular complexity index is 671. The van der Waals surface area contributed by atoms with Crippen LogP contribution in [-0.4, -0.2) is 12.3 Å². The van der Waals surface area contributed by atoms with Gasteiger partial charge < -0.3 is 4.90 Å². The van der Waals surface area contributed by atoms with Crippen LogP contribution in [-0.2, 0) is 6.54 Å². The number of hydrogen-bond donors (Lipinski definition) is 0. The molecule has 0 fully saturated rings. The molecule has 0 saturated carbocycles. The summed E-state index contributed by atoms with van der Waals surface area (Å²) in [7, 11) is 0. The number of anilines is 1. The van der Waals surface area contributed by atoms with Gasteiger partial charge in [-0.3, -0.25) is 4.79 Å². The van der Waals surface area contributed by atoms with E-state index in [4.69, 9.17) is 11.6 Å². The van der Waals surface area contributed by atoms with Crippen LogP contribution in [0.4, 0.5) is 10.1 Å². The van der Waals surface area contributed by atoms with Gasteiger partial charge in [-0.05, 0) is 29.8 Å². The second-order valence-electron chi connectivity index (χ2n) is 4.86. The fourth-order valence-corrected chi connectivity index (χ4v) is 2.70. The van der Waals surface area contributed by atoms with Gasteiger partial charge in [0.05, 0.1) is 5.02 Å². The number of nitrogens with zero attached hydrogens (tertiary/aromatic N) is 1. The number of ketones is 1. The summed E-state index contributed by atoms with van der Waals surface area (Å²) in [6.45, 7) is 1.29. The Morgan fingerprint density at radius 2 is 2.00 bits per heavy atom. The van der Waals surface area contributed by atoms with Crippen molar-refractivity contribution >= 4 is 23.1 Å². The molecule has 0 aromatic heterocycles. The number of Topliss-reactive ketones (excluding diaryl/α,β-unsaturated/α-hetero) is 1. The number of para-hydroxylation sites is 1. The lowest BCUT2D eigenvalue weighted by Gasteiger charge is -2.30. The zero-order valence-corrected chi connectivity index (χ0v) is 11.5. The Hall–Kier alpha value is -1.87. The molecule has 0 atom stereocenters. The van der Waals surface area contributed by atoms with Gasteiger partial charge in [-0.25, -0.2) is 4.39 Å². The Morgan fingerprint density at radius 3 is 2.80 bits per heavy atom. The van der Waals surface area contributed by atoms with Crippen LogP contribution in [0, 0.1) is 5.82 Å². The third-order valence-corrected chi connectivity index (χ3v) is 3.80. The Kier molecular flexibility index (Phi) is 3.45. The Morgan fingerprint density at radius 1 is 1.20 bits per heavy atom. The highest BCUT2D eigenvalue weighted by Gasteiger charge is 2.22. The number of hydrogen-bond acceptors (Lipinski definition) is 2. The second-order valence-corrected chi connectivity index (χ2v) is 5.27. The van der Waals surface area contributed by atoms with Crippen molar-refractivity contribution in [2.24, 2.45) is 0 Å². The number of benzene rings is 2. The van der Waals surface area contributed by atoms with Crippen LogP contribution in [0.25, 0.3) is 0 Å². The van der Waals surface area contributed by atoms with Gasteiger partial charge in [0.2, 0.25) is 0 Å². The number of fused-ring (bicyclic) bond motifs is 1. The van der Waals surface area contributed by atoms with E-state index >= 15 is 0 Å². The van der Waals surface area contributed by atoms with E-state index in [0.29, 0.717) is 19.5 Å². The lowest BCUT2D eigenvalue weighted by molar-refractivity contribution is 0.0979. The number of halogens is 2. The van der Waals surface area contributed by atoms with Crippen molar-refractivity contribution in [3.05, 3.63) is 64.4 Å². The summed E-state index contributed by atoms with van der Waals surface area (Å²) in [4.78, 5) is 14.0. The van der Waals surface area contributed by atoms with Gasteiger partial charge >= 0.3 is 0 Å². The highest BCUT2D eigenvalue weighted by atomic mass is 35.5. The monoisotopic (exact) mass is 289 g/mol. The molecule has 1 heterocycles. The first-order valence-electron chi connectivity index (χ1n) is 6.46. The average molecular weight is 290 g/mol. The first-order valence-corrected chi connectivity index (χ1v) is 6.84. The first kappa shape index (κ1) is 13.1. The van der Waals surface area contributed by atoms with Crippen molar-refractivity contribution in [1.82, 2.24) is 0 Å². The van der Waals surface area contributed by atoms with Crippen molar-refractivity contribution in [3.8, 4) is 0 Å². The number of carbonyl (C=O) groups excluding carboxylic acids is 1. The molecule has 102 valence electrons. The molecule has 0 radical (unpaired) electrons. The summed E-state index contributed by atoms with van der Waals surface area (Å²) >= 11 is 5.81. The van der Waals surface area contributed by atoms with E-state index < -0.39 is 5.82 Å². The van der Waals surface area contributed by atoms with E-state index in [1.165, 1.54) is 6.07 Å². The summed E-state index contributed by atoms with van der Waals surface area (Å²) in [6, 6.07) is 12.3. The van der Waals surface area contributed by atoms with E-state index in [9.17, 15) is 9.18 Å². The minimum Gasteiger partial charge on any atom is -0.366 e.